The first kappa shape index (κ1) is 22.7. The highest BCUT2D eigenvalue weighted by Crippen LogP contribution is 2.29. The number of ether oxygens (including phenoxy) is 1. The molecule has 0 aliphatic carbocycles. The van der Waals surface area contributed by atoms with E-state index in [4.69, 9.17) is 15.3 Å². The van der Waals surface area contributed by atoms with Gasteiger partial charge in [0.2, 0.25) is 5.82 Å². The molecule has 168 valence electrons. The van der Waals surface area contributed by atoms with Gasteiger partial charge in [-0.1, -0.05) is 35.5 Å². The number of hydrogen-bond donors (Lipinski definition) is 1. The van der Waals surface area contributed by atoms with Crippen molar-refractivity contribution in [2.24, 2.45) is 5.73 Å². The summed E-state index contributed by atoms with van der Waals surface area (Å²) in [6, 6.07) is 9.13. The Kier molecular flexibility index (Phi) is 6.68. The minimum absolute atomic E-state index is 0.0185. The first-order valence-electron chi connectivity index (χ1n) is 8.91. The normalized spacial score (nSPS) is 11.2. The van der Waals surface area contributed by atoms with Crippen LogP contribution in [-0.4, -0.2) is 39.3 Å². The summed E-state index contributed by atoms with van der Waals surface area (Å²) in [6.45, 7) is -0.297. The maximum atomic E-state index is 12.6. The van der Waals surface area contributed by atoms with Crippen molar-refractivity contribution in [1.82, 2.24) is 20.2 Å². The zero-order valence-electron chi connectivity index (χ0n) is 16.5. The molecular formula is C19H16F3N5O5. The minimum atomic E-state index is -4.74. The maximum Gasteiger partial charge on any atom is 0.471 e. The first-order chi connectivity index (χ1) is 15.2. The minimum Gasteiger partial charge on any atom is -0.443 e. The van der Waals surface area contributed by atoms with Crippen LogP contribution >= 0.6 is 0 Å². The summed E-state index contributed by atoms with van der Waals surface area (Å²) in [7, 11) is 1.26. The topological polar surface area (TPSA) is 134 Å². The molecule has 0 radical (unpaired) electrons. The highest BCUT2D eigenvalue weighted by molar-refractivity contribution is 5.92. The number of carbonyl (C=O) groups excluding carboxylic acids is 2. The number of benzene rings is 1. The summed E-state index contributed by atoms with van der Waals surface area (Å²) >= 11 is 0. The van der Waals surface area contributed by atoms with Crippen molar-refractivity contribution in [3.05, 3.63) is 65.3 Å². The number of amides is 2. The number of rotatable bonds is 7. The van der Waals surface area contributed by atoms with Crippen LogP contribution in [0.25, 0.3) is 11.4 Å². The van der Waals surface area contributed by atoms with Gasteiger partial charge in [-0.15, -0.1) is 0 Å². The van der Waals surface area contributed by atoms with Crippen molar-refractivity contribution in [2.45, 2.75) is 19.3 Å². The molecular weight excluding hydrogens is 435 g/mol. The zero-order chi connectivity index (χ0) is 23.3. The van der Waals surface area contributed by atoms with Crippen LogP contribution in [-0.2, 0) is 28.9 Å². The lowest BCUT2D eigenvalue weighted by atomic mass is 10.1. The molecule has 10 nitrogen and oxygen atoms in total. The number of aromatic nitrogens is 3. The summed E-state index contributed by atoms with van der Waals surface area (Å²) in [5.41, 5.74) is 6.41. The quantitative estimate of drug-likeness (QED) is 0.542. The van der Waals surface area contributed by atoms with E-state index in [1.165, 1.54) is 25.4 Å². The number of hydrogen-bond acceptors (Lipinski definition) is 8. The second-order valence-electron chi connectivity index (χ2n) is 6.27. The zero-order valence-corrected chi connectivity index (χ0v) is 16.5. The van der Waals surface area contributed by atoms with E-state index >= 15 is 0 Å². The Labute approximate surface area is 178 Å². The lowest BCUT2D eigenvalue weighted by molar-refractivity contribution is -0.159. The number of pyridine rings is 1. The van der Waals surface area contributed by atoms with E-state index in [9.17, 15) is 22.8 Å². The lowest BCUT2D eigenvalue weighted by Crippen LogP contribution is -2.30. The number of primary amides is 1. The van der Waals surface area contributed by atoms with E-state index in [1.54, 1.807) is 24.3 Å². The number of halogens is 3. The Morgan fingerprint density at radius 2 is 1.91 bits per heavy atom. The number of hydroxylamine groups is 2. The van der Waals surface area contributed by atoms with Crippen molar-refractivity contribution >= 4 is 12.0 Å². The molecule has 3 rings (SSSR count). The molecule has 0 unspecified atom stereocenters. The van der Waals surface area contributed by atoms with E-state index < -0.39 is 24.1 Å². The fraction of sp³-hybridized carbons (Fsp3) is 0.211. The van der Waals surface area contributed by atoms with Crippen molar-refractivity contribution in [3.63, 3.8) is 0 Å². The summed E-state index contributed by atoms with van der Waals surface area (Å²) in [6.07, 6.45) is -4.20. The molecule has 0 aliphatic rings. The summed E-state index contributed by atoms with van der Waals surface area (Å²) in [4.78, 5) is 35.9. The van der Waals surface area contributed by atoms with Gasteiger partial charge >= 0.3 is 18.2 Å². The van der Waals surface area contributed by atoms with Gasteiger partial charge in [0, 0.05) is 17.3 Å². The monoisotopic (exact) mass is 451 g/mol. The molecule has 32 heavy (non-hydrogen) atoms. The van der Waals surface area contributed by atoms with Crippen molar-refractivity contribution in [2.75, 3.05) is 7.11 Å². The van der Waals surface area contributed by atoms with Crippen molar-refractivity contribution in [3.8, 4) is 11.4 Å². The SMILES string of the molecule is CON(Cc1ccc(-c2noc(C(F)(F)F)n2)cc1)C(=O)OCc1cccnc1C(N)=O. The molecule has 0 spiro atoms. The smallest absolute Gasteiger partial charge is 0.443 e. The van der Waals surface area contributed by atoms with Crippen molar-refractivity contribution in [1.29, 1.82) is 0 Å². The highest BCUT2D eigenvalue weighted by atomic mass is 19.4. The van der Waals surface area contributed by atoms with E-state index in [1.807, 2.05) is 0 Å². The van der Waals surface area contributed by atoms with Crippen LogP contribution in [0.4, 0.5) is 18.0 Å². The van der Waals surface area contributed by atoms with Crippen LogP contribution in [0.1, 0.15) is 27.5 Å². The van der Waals surface area contributed by atoms with Crippen LogP contribution in [0.5, 0.6) is 0 Å². The molecule has 0 saturated carbocycles. The van der Waals surface area contributed by atoms with Gasteiger partial charge in [0.05, 0.1) is 13.7 Å². The molecule has 1 aromatic carbocycles. The van der Waals surface area contributed by atoms with E-state index in [-0.39, 0.29) is 30.2 Å². The molecule has 0 bridgehead atoms. The summed E-state index contributed by atoms with van der Waals surface area (Å²) < 4.78 is 47.1. The third kappa shape index (κ3) is 5.37. The Bertz CT molecular complexity index is 1100. The third-order valence-electron chi connectivity index (χ3n) is 4.11. The van der Waals surface area contributed by atoms with E-state index in [0.717, 1.165) is 5.06 Å². The molecule has 2 N–H and O–H groups in total. The van der Waals surface area contributed by atoms with Gasteiger partial charge in [-0.25, -0.2) is 4.79 Å². The average Bonchev–Trinajstić information content (AvgIpc) is 3.27. The largest absolute Gasteiger partial charge is 0.471 e. The number of alkyl halides is 3. The second kappa shape index (κ2) is 9.43. The number of nitrogens with zero attached hydrogens (tertiary/aromatic N) is 4. The van der Waals surface area contributed by atoms with Crippen LogP contribution in [0.3, 0.4) is 0 Å². The molecule has 0 atom stereocenters. The Morgan fingerprint density at radius 3 is 2.50 bits per heavy atom. The molecule has 13 heteroatoms. The number of nitrogens with two attached hydrogens (primary N) is 1. The maximum absolute atomic E-state index is 12.6. The number of carbonyl (C=O) groups is 2. The van der Waals surface area contributed by atoms with Gasteiger partial charge in [0.1, 0.15) is 12.3 Å². The van der Waals surface area contributed by atoms with E-state index in [0.29, 0.717) is 11.1 Å². The van der Waals surface area contributed by atoms with Crippen LogP contribution in [0.2, 0.25) is 0 Å². The lowest BCUT2D eigenvalue weighted by Gasteiger charge is -2.19. The molecule has 2 amide bonds. The fourth-order valence-electron chi connectivity index (χ4n) is 2.57. The van der Waals surface area contributed by atoms with Gasteiger partial charge in [-0.05, 0) is 11.6 Å². The van der Waals surface area contributed by atoms with Gasteiger partial charge in [0.15, 0.2) is 0 Å². The third-order valence-corrected chi connectivity index (χ3v) is 4.11. The summed E-state index contributed by atoms with van der Waals surface area (Å²) in [5, 5.41) is 4.22. The molecule has 0 saturated heterocycles. The van der Waals surface area contributed by atoms with Crippen molar-refractivity contribution < 1.29 is 36.9 Å². The molecule has 3 aromatic rings. The van der Waals surface area contributed by atoms with Crippen LogP contribution in [0, 0.1) is 0 Å². The Hall–Kier alpha value is -4.00. The fourth-order valence-corrected chi connectivity index (χ4v) is 2.57. The van der Waals surface area contributed by atoms with Crippen LogP contribution in [0.15, 0.2) is 47.1 Å². The second-order valence-corrected chi connectivity index (χ2v) is 6.27. The standard InChI is InChI=1S/C19H16F3N5O5/c1-30-27(18(29)31-10-13-3-2-8-24-14(13)15(23)28)9-11-4-6-12(7-5-11)16-25-17(32-26-16)19(20,21)22/h2-8H,9-10H2,1H3,(H2,23,28). The van der Waals surface area contributed by atoms with E-state index in [2.05, 4.69) is 19.6 Å². The molecule has 2 aromatic heterocycles. The average molecular weight is 451 g/mol. The highest BCUT2D eigenvalue weighted by Gasteiger charge is 2.38. The van der Waals surface area contributed by atoms with Gasteiger partial charge < -0.3 is 15.0 Å². The molecule has 2 heterocycles. The predicted molar refractivity (Wildman–Crippen MR) is 100 cm³/mol. The van der Waals surface area contributed by atoms with Crippen LogP contribution < -0.4 is 5.73 Å². The van der Waals surface area contributed by atoms with Gasteiger partial charge in [0.25, 0.3) is 5.91 Å². The van der Waals surface area contributed by atoms with Gasteiger partial charge in [-0.2, -0.15) is 23.2 Å². The Balaban J connectivity index is 1.63. The molecule has 0 fully saturated rings. The molecule has 0 aliphatic heterocycles. The van der Waals surface area contributed by atoms with Gasteiger partial charge in [-0.3, -0.25) is 14.6 Å². The predicted octanol–water partition coefficient (Wildman–Crippen LogP) is 2.95. The Morgan fingerprint density at radius 1 is 1.19 bits per heavy atom. The summed E-state index contributed by atoms with van der Waals surface area (Å²) in [5.74, 6) is -2.43. The first-order valence-corrected chi connectivity index (χ1v) is 8.91.